The van der Waals surface area contributed by atoms with E-state index in [1.54, 1.807) is 23.7 Å². The van der Waals surface area contributed by atoms with Gasteiger partial charge in [0.05, 0.1) is 10.6 Å². The summed E-state index contributed by atoms with van der Waals surface area (Å²) in [6.07, 6.45) is 8.77. The van der Waals surface area contributed by atoms with Gasteiger partial charge in [0.1, 0.15) is 0 Å². The number of aryl methyl sites for hydroxylation is 1. The first-order valence-corrected chi connectivity index (χ1v) is 9.71. The quantitative estimate of drug-likeness (QED) is 0.720. The lowest BCUT2D eigenvalue weighted by Gasteiger charge is -2.13. The number of thiophene rings is 1. The number of aromatic nitrogens is 1. The van der Waals surface area contributed by atoms with Crippen molar-refractivity contribution in [2.75, 3.05) is 11.1 Å². The Kier molecular flexibility index (Phi) is 4.71. The minimum Gasteiger partial charge on any atom is -0.390 e. The molecular formula is C21H21N3OS. The lowest BCUT2D eigenvalue weighted by molar-refractivity contribution is 0.102. The molecule has 132 valence electrons. The summed E-state index contributed by atoms with van der Waals surface area (Å²) in [5.74, 6) is -0.0937. The van der Waals surface area contributed by atoms with E-state index in [1.807, 2.05) is 36.4 Å². The van der Waals surface area contributed by atoms with Crippen molar-refractivity contribution in [3.63, 3.8) is 0 Å². The summed E-state index contributed by atoms with van der Waals surface area (Å²) in [7, 11) is 0. The van der Waals surface area contributed by atoms with E-state index < -0.39 is 0 Å². The number of nitrogen functional groups attached to an aromatic ring is 1. The van der Waals surface area contributed by atoms with Crippen LogP contribution in [0.25, 0.3) is 0 Å². The second-order valence-electron chi connectivity index (χ2n) is 6.63. The zero-order valence-corrected chi connectivity index (χ0v) is 15.3. The van der Waals surface area contributed by atoms with E-state index in [0.717, 1.165) is 36.9 Å². The topological polar surface area (TPSA) is 68.0 Å². The number of carbonyl (C=O) groups is 1. The molecule has 4 rings (SSSR count). The van der Waals surface area contributed by atoms with Gasteiger partial charge in [-0.25, -0.2) is 0 Å². The second kappa shape index (κ2) is 7.30. The molecular weight excluding hydrogens is 342 g/mol. The summed E-state index contributed by atoms with van der Waals surface area (Å²) in [4.78, 5) is 18.1. The van der Waals surface area contributed by atoms with E-state index in [1.165, 1.54) is 22.4 Å². The molecule has 0 saturated carbocycles. The lowest BCUT2D eigenvalue weighted by atomic mass is 9.95. The Bertz CT molecular complexity index is 916. The van der Waals surface area contributed by atoms with E-state index in [2.05, 4.69) is 10.3 Å². The van der Waals surface area contributed by atoms with Crippen LogP contribution in [0.2, 0.25) is 0 Å². The standard InChI is InChI=1S/C21H21N3OS/c22-20-19(17-3-1-2-4-18(17)26-20)21(25)24-16-7-5-14(6-8-16)13-15-9-11-23-12-10-15/h5-12H,1-4,13,22H2,(H,24,25). The number of nitrogens with one attached hydrogen (secondary N) is 1. The van der Waals surface area contributed by atoms with Crippen LogP contribution in [-0.4, -0.2) is 10.9 Å². The molecule has 1 amide bonds. The Hall–Kier alpha value is -2.66. The summed E-state index contributed by atoms with van der Waals surface area (Å²) in [6.45, 7) is 0. The smallest absolute Gasteiger partial charge is 0.258 e. The first-order chi connectivity index (χ1) is 12.7. The molecule has 0 atom stereocenters. The van der Waals surface area contributed by atoms with Crippen molar-refractivity contribution >= 4 is 27.9 Å². The molecule has 2 aromatic heterocycles. The molecule has 0 radical (unpaired) electrons. The Balaban J connectivity index is 1.48. The van der Waals surface area contributed by atoms with Crippen LogP contribution in [0.3, 0.4) is 0 Å². The molecule has 3 aromatic rings. The van der Waals surface area contributed by atoms with E-state index in [0.29, 0.717) is 10.6 Å². The van der Waals surface area contributed by atoms with Crippen molar-refractivity contribution in [3.05, 3.63) is 75.9 Å². The first-order valence-electron chi connectivity index (χ1n) is 8.90. The Morgan fingerprint density at radius 2 is 1.73 bits per heavy atom. The average Bonchev–Trinajstić information content (AvgIpc) is 3.00. The molecule has 4 nitrogen and oxygen atoms in total. The van der Waals surface area contributed by atoms with Crippen LogP contribution in [-0.2, 0) is 19.3 Å². The van der Waals surface area contributed by atoms with Crippen molar-refractivity contribution < 1.29 is 4.79 Å². The number of nitrogens with zero attached hydrogens (tertiary/aromatic N) is 1. The summed E-state index contributed by atoms with van der Waals surface area (Å²) >= 11 is 1.57. The van der Waals surface area contributed by atoms with Crippen LogP contribution in [0.15, 0.2) is 48.8 Å². The molecule has 26 heavy (non-hydrogen) atoms. The fraction of sp³-hybridized carbons (Fsp3) is 0.238. The van der Waals surface area contributed by atoms with E-state index >= 15 is 0 Å². The first kappa shape index (κ1) is 16.8. The fourth-order valence-corrected chi connectivity index (χ4v) is 4.63. The molecule has 0 fully saturated rings. The Morgan fingerprint density at radius 1 is 1.04 bits per heavy atom. The van der Waals surface area contributed by atoms with Crippen LogP contribution < -0.4 is 11.1 Å². The van der Waals surface area contributed by atoms with Gasteiger partial charge < -0.3 is 11.1 Å². The molecule has 1 aliphatic rings. The van der Waals surface area contributed by atoms with Crippen LogP contribution in [0, 0.1) is 0 Å². The molecule has 0 aliphatic heterocycles. The largest absolute Gasteiger partial charge is 0.390 e. The van der Waals surface area contributed by atoms with Gasteiger partial charge in [-0.3, -0.25) is 9.78 Å². The van der Waals surface area contributed by atoms with Crippen molar-refractivity contribution in [3.8, 4) is 0 Å². The van der Waals surface area contributed by atoms with E-state index in [9.17, 15) is 4.79 Å². The summed E-state index contributed by atoms with van der Waals surface area (Å²) in [5, 5.41) is 3.65. The predicted octanol–water partition coefficient (Wildman–Crippen LogP) is 4.45. The third-order valence-corrected chi connectivity index (χ3v) is 5.92. The number of hydrogen-bond donors (Lipinski definition) is 2. The third-order valence-electron chi connectivity index (χ3n) is 4.80. The highest BCUT2D eigenvalue weighted by Crippen LogP contribution is 2.36. The van der Waals surface area contributed by atoms with Crippen molar-refractivity contribution in [1.82, 2.24) is 4.98 Å². The van der Waals surface area contributed by atoms with Crippen LogP contribution in [0.5, 0.6) is 0 Å². The van der Waals surface area contributed by atoms with Gasteiger partial charge in [0.2, 0.25) is 0 Å². The summed E-state index contributed by atoms with van der Waals surface area (Å²) in [5.41, 5.74) is 11.2. The molecule has 1 aliphatic carbocycles. The molecule has 0 bridgehead atoms. The summed E-state index contributed by atoms with van der Waals surface area (Å²) in [6, 6.07) is 12.0. The number of benzene rings is 1. The maximum atomic E-state index is 12.8. The number of hydrogen-bond acceptors (Lipinski definition) is 4. The van der Waals surface area contributed by atoms with Crippen molar-refractivity contribution in [2.45, 2.75) is 32.1 Å². The molecule has 0 saturated heterocycles. The van der Waals surface area contributed by atoms with Crippen LogP contribution in [0.4, 0.5) is 10.7 Å². The minimum atomic E-state index is -0.0937. The van der Waals surface area contributed by atoms with Gasteiger partial charge >= 0.3 is 0 Å². The number of anilines is 2. The monoisotopic (exact) mass is 363 g/mol. The van der Waals surface area contributed by atoms with Crippen molar-refractivity contribution in [1.29, 1.82) is 0 Å². The van der Waals surface area contributed by atoms with Gasteiger partial charge in [-0.15, -0.1) is 11.3 Å². The van der Waals surface area contributed by atoms with Gasteiger partial charge in [-0.05, 0) is 73.1 Å². The lowest BCUT2D eigenvalue weighted by Crippen LogP contribution is -2.16. The summed E-state index contributed by atoms with van der Waals surface area (Å²) < 4.78 is 0. The number of pyridine rings is 1. The maximum absolute atomic E-state index is 12.8. The zero-order chi connectivity index (χ0) is 17.9. The van der Waals surface area contributed by atoms with Gasteiger partial charge in [0.25, 0.3) is 5.91 Å². The highest BCUT2D eigenvalue weighted by molar-refractivity contribution is 7.16. The van der Waals surface area contributed by atoms with E-state index in [-0.39, 0.29) is 5.91 Å². The SMILES string of the molecule is Nc1sc2c(c1C(=O)Nc1ccc(Cc3ccncc3)cc1)CCCC2. The molecule has 3 N–H and O–H groups in total. The average molecular weight is 363 g/mol. The van der Waals surface area contributed by atoms with Crippen LogP contribution >= 0.6 is 11.3 Å². The van der Waals surface area contributed by atoms with Gasteiger partial charge in [0.15, 0.2) is 0 Å². The molecule has 0 unspecified atom stereocenters. The highest BCUT2D eigenvalue weighted by atomic mass is 32.1. The fourth-order valence-electron chi connectivity index (χ4n) is 3.47. The Morgan fingerprint density at radius 3 is 2.50 bits per heavy atom. The number of fused-ring (bicyclic) bond motifs is 1. The molecule has 0 spiro atoms. The third kappa shape index (κ3) is 3.48. The molecule has 2 heterocycles. The zero-order valence-electron chi connectivity index (χ0n) is 14.5. The second-order valence-corrected chi connectivity index (χ2v) is 7.77. The van der Waals surface area contributed by atoms with Crippen LogP contribution in [0.1, 0.15) is 44.8 Å². The number of rotatable bonds is 4. The Labute approximate surface area is 157 Å². The predicted molar refractivity (Wildman–Crippen MR) is 107 cm³/mol. The van der Waals surface area contributed by atoms with Gasteiger partial charge in [-0.1, -0.05) is 12.1 Å². The normalized spacial score (nSPS) is 13.2. The maximum Gasteiger partial charge on any atom is 0.258 e. The van der Waals surface area contributed by atoms with Gasteiger partial charge in [-0.2, -0.15) is 0 Å². The molecule has 1 aromatic carbocycles. The number of amides is 1. The van der Waals surface area contributed by atoms with Gasteiger partial charge in [0, 0.05) is 23.0 Å². The number of nitrogens with two attached hydrogens (primary N) is 1. The molecule has 5 heteroatoms. The number of carbonyl (C=O) groups excluding carboxylic acids is 1. The minimum absolute atomic E-state index is 0.0937. The highest BCUT2D eigenvalue weighted by Gasteiger charge is 2.24. The van der Waals surface area contributed by atoms with E-state index in [4.69, 9.17) is 5.73 Å². The van der Waals surface area contributed by atoms with Crippen molar-refractivity contribution in [2.24, 2.45) is 0 Å².